The first-order valence-corrected chi connectivity index (χ1v) is 7.09. The van der Waals surface area contributed by atoms with Crippen LogP contribution in [0.15, 0.2) is 12.3 Å². The number of hydrogen-bond acceptors (Lipinski definition) is 5. The molecule has 1 aromatic rings. The van der Waals surface area contributed by atoms with Crippen LogP contribution in [-0.2, 0) is 0 Å². The maximum absolute atomic E-state index is 11.2. The number of carbonyl (C=O) groups is 1. The number of nitrogens with zero attached hydrogens (tertiary/aromatic N) is 2. The van der Waals surface area contributed by atoms with Crippen molar-refractivity contribution >= 4 is 17.5 Å². The van der Waals surface area contributed by atoms with Crippen LogP contribution in [0.5, 0.6) is 0 Å². The molecule has 0 aromatic carbocycles. The summed E-state index contributed by atoms with van der Waals surface area (Å²) < 4.78 is 0. The standard InChI is InChI=1S/C14H19N3O4/c1-9-3-2-4-10(5-9)7-15-13-12(14(18)19)6-11(8-16-13)17(20)21/h6,8-10H,2-5,7H2,1H3,(H,15,16)(H,18,19). The molecule has 0 bridgehead atoms. The summed E-state index contributed by atoms with van der Waals surface area (Å²) >= 11 is 0. The molecule has 21 heavy (non-hydrogen) atoms. The van der Waals surface area contributed by atoms with Gasteiger partial charge in [0.2, 0.25) is 0 Å². The molecule has 2 N–H and O–H groups in total. The molecule has 0 spiro atoms. The Bertz CT molecular complexity index is 547. The molecule has 0 aliphatic heterocycles. The van der Waals surface area contributed by atoms with Gasteiger partial charge in [-0.1, -0.05) is 19.8 Å². The van der Waals surface area contributed by atoms with Gasteiger partial charge in [-0.2, -0.15) is 0 Å². The molecule has 1 aliphatic carbocycles. The number of rotatable bonds is 5. The van der Waals surface area contributed by atoms with E-state index in [2.05, 4.69) is 17.2 Å². The smallest absolute Gasteiger partial charge is 0.339 e. The van der Waals surface area contributed by atoms with E-state index in [-0.39, 0.29) is 17.1 Å². The Hall–Kier alpha value is -2.18. The highest BCUT2D eigenvalue weighted by molar-refractivity contribution is 5.93. The predicted molar refractivity (Wildman–Crippen MR) is 77.5 cm³/mol. The zero-order valence-corrected chi connectivity index (χ0v) is 11.9. The van der Waals surface area contributed by atoms with E-state index in [0.717, 1.165) is 25.1 Å². The largest absolute Gasteiger partial charge is 0.478 e. The number of carboxylic acid groups (broad SMARTS) is 1. The number of nitro groups is 1. The highest BCUT2D eigenvalue weighted by Gasteiger charge is 2.21. The van der Waals surface area contributed by atoms with Crippen LogP contribution >= 0.6 is 0 Å². The first-order chi connectivity index (χ1) is 9.97. The topological polar surface area (TPSA) is 105 Å². The molecule has 1 saturated carbocycles. The van der Waals surface area contributed by atoms with Crippen molar-refractivity contribution in [1.82, 2.24) is 4.98 Å². The minimum atomic E-state index is -1.22. The Morgan fingerprint density at radius 1 is 1.57 bits per heavy atom. The Morgan fingerprint density at radius 2 is 2.33 bits per heavy atom. The second-order valence-electron chi connectivity index (χ2n) is 5.67. The minimum absolute atomic E-state index is 0.159. The molecular weight excluding hydrogens is 274 g/mol. The highest BCUT2D eigenvalue weighted by atomic mass is 16.6. The zero-order valence-electron chi connectivity index (χ0n) is 11.9. The molecule has 0 radical (unpaired) electrons. The second kappa shape index (κ2) is 6.51. The Labute approximate surface area is 122 Å². The lowest BCUT2D eigenvalue weighted by molar-refractivity contribution is -0.385. The lowest BCUT2D eigenvalue weighted by atomic mass is 9.82. The summed E-state index contributed by atoms with van der Waals surface area (Å²) in [6, 6.07) is 1.04. The normalized spacial score (nSPS) is 21.8. The number of pyridine rings is 1. The zero-order chi connectivity index (χ0) is 15.4. The third-order valence-electron chi connectivity index (χ3n) is 3.92. The van der Waals surface area contributed by atoms with Crippen molar-refractivity contribution in [1.29, 1.82) is 0 Å². The van der Waals surface area contributed by atoms with E-state index in [1.165, 1.54) is 12.8 Å². The van der Waals surface area contributed by atoms with Crippen LogP contribution in [0.25, 0.3) is 0 Å². The predicted octanol–water partition coefficient (Wildman–Crippen LogP) is 2.93. The quantitative estimate of drug-likeness (QED) is 0.638. The molecule has 2 unspecified atom stereocenters. The molecular formula is C14H19N3O4. The van der Waals surface area contributed by atoms with E-state index in [1.807, 2.05) is 0 Å². The van der Waals surface area contributed by atoms with E-state index in [1.54, 1.807) is 0 Å². The van der Waals surface area contributed by atoms with Crippen molar-refractivity contribution in [2.75, 3.05) is 11.9 Å². The van der Waals surface area contributed by atoms with Gasteiger partial charge in [0, 0.05) is 12.6 Å². The molecule has 1 aliphatic rings. The van der Waals surface area contributed by atoms with Gasteiger partial charge >= 0.3 is 5.97 Å². The summed E-state index contributed by atoms with van der Waals surface area (Å²) in [5.41, 5.74) is -0.475. The van der Waals surface area contributed by atoms with Gasteiger partial charge in [-0.25, -0.2) is 9.78 Å². The van der Waals surface area contributed by atoms with Crippen LogP contribution in [0.1, 0.15) is 43.0 Å². The molecule has 0 saturated heterocycles. The van der Waals surface area contributed by atoms with Crippen LogP contribution < -0.4 is 5.32 Å². The minimum Gasteiger partial charge on any atom is -0.478 e. The van der Waals surface area contributed by atoms with Crippen molar-refractivity contribution in [3.63, 3.8) is 0 Å². The Kier molecular flexibility index (Phi) is 4.72. The summed E-state index contributed by atoms with van der Waals surface area (Å²) in [6.45, 7) is 2.87. The van der Waals surface area contributed by atoms with Crippen LogP contribution in [0.4, 0.5) is 11.5 Å². The van der Waals surface area contributed by atoms with Gasteiger partial charge in [0.15, 0.2) is 0 Å². The van der Waals surface area contributed by atoms with E-state index < -0.39 is 10.9 Å². The fraction of sp³-hybridized carbons (Fsp3) is 0.571. The number of carboxylic acids is 1. The average molecular weight is 293 g/mol. The summed E-state index contributed by atoms with van der Waals surface area (Å²) in [4.78, 5) is 25.1. The highest BCUT2D eigenvalue weighted by Crippen LogP contribution is 2.29. The van der Waals surface area contributed by atoms with Crippen LogP contribution in [0.2, 0.25) is 0 Å². The van der Waals surface area contributed by atoms with Crippen LogP contribution in [-0.4, -0.2) is 27.5 Å². The van der Waals surface area contributed by atoms with Crippen molar-refractivity contribution in [2.24, 2.45) is 11.8 Å². The lowest BCUT2D eigenvalue weighted by Crippen LogP contribution is -2.22. The number of aromatic carboxylic acids is 1. The first kappa shape index (κ1) is 15.2. The van der Waals surface area contributed by atoms with E-state index in [4.69, 9.17) is 5.11 Å². The van der Waals surface area contributed by atoms with Gasteiger partial charge in [0.25, 0.3) is 5.69 Å². The fourth-order valence-corrected chi connectivity index (χ4v) is 2.84. The van der Waals surface area contributed by atoms with Crippen molar-refractivity contribution < 1.29 is 14.8 Å². The average Bonchev–Trinajstić information content (AvgIpc) is 2.44. The molecule has 1 fully saturated rings. The van der Waals surface area contributed by atoms with Crippen molar-refractivity contribution in [2.45, 2.75) is 32.6 Å². The van der Waals surface area contributed by atoms with Crippen LogP contribution in [0, 0.1) is 22.0 Å². The van der Waals surface area contributed by atoms with Crippen molar-refractivity contribution in [3.05, 3.63) is 27.9 Å². The second-order valence-corrected chi connectivity index (χ2v) is 5.67. The van der Waals surface area contributed by atoms with E-state index in [9.17, 15) is 14.9 Å². The maximum atomic E-state index is 11.2. The van der Waals surface area contributed by atoms with Crippen molar-refractivity contribution in [3.8, 4) is 0 Å². The third-order valence-corrected chi connectivity index (χ3v) is 3.92. The molecule has 0 amide bonds. The van der Waals surface area contributed by atoms with Crippen LogP contribution in [0.3, 0.4) is 0 Å². The van der Waals surface area contributed by atoms with E-state index in [0.29, 0.717) is 18.4 Å². The molecule has 114 valence electrons. The van der Waals surface area contributed by atoms with Gasteiger partial charge < -0.3 is 10.4 Å². The molecule has 2 rings (SSSR count). The third kappa shape index (κ3) is 3.90. The van der Waals surface area contributed by atoms with Gasteiger partial charge in [-0.05, 0) is 24.7 Å². The first-order valence-electron chi connectivity index (χ1n) is 7.09. The SMILES string of the molecule is CC1CCCC(CNc2ncc([N+](=O)[O-])cc2C(=O)O)C1. The molecule has 7 heteroatoms. The summed E-state index contributed by atoms with van der Waals surface area (Å²) in [6.07, 6.45) is 5.74. The molecule has 2 atom stereocenters. The summed E-state index contributed by atoms with van der Waals surface area (Å²) in [7, 11) is 0. The fourth-order valence-electron chi connectivity index (χ4n) is 2.84. The van der Waals surface area contributed by atoms with Gasteiger partial charge in [-0.15, -0.1) is 0 Å². The molecule has 1 heterocycles. The van der Waals surface area contributed by atoms with Gasteiger partial charge in [0.05, 0.1) is 4.92 Å². The molecule has 7 nitrogen and oxygen atoms in total. The maximum Gasteiger partial charge on any atom is 0.339 e. The number of aromatic nitrogens is 1. The Balaban J connectivity index is 2.08. The number of nitrogens with one attached hydrogen (secondary N) is 1. The Morgan fingerprint density at radius 3 is 2.95 bits per heavy atom. The monoisotopic (exact) mass is 293 g/mol. The summed E-state index contributed by atoms with van der Waals surface area (Å²) in [5.74, 6) is 0.165. The van der Waals surface area contributed by atoms with Gasteiger partial charge in [-0.3, -0.25) is 10.1 Å². The molecule has 1 aromatic heterocycles. The van der Waals surface area contributed by atoms with Gasteiger partial charge in [0.1, 0.15) is 17.6 Å². The summed E-state index contributed by atoms with van der Waals surface area (Å²) in [5, 5.41) is 22.9. The van der Waals surface area contributed by atoms with E-state index >= 15 is 0 Å². The lowest BCUT2D eigenvalue weighted by Gasteiger charge is -2.27. The number of anilines is 1. The number of hydrogen-bond donors (Lipinski definition) is 2.